The Bertz CT molecular complexity index is 885. The van der Waals surface area contributed by atoms with Gasteiger partial charge in [0.15, 0.2) is 0 Å². The third-order valence-electron chi connectivity index (χ3n) is 6.60. The van der Waals surface area contributed by atoms with Crippen LogP contribution in [-0.2, 0) is 18.2 Å². The number of aryl methyl sites for hydroxylation is 3. The Balaban J connectivity index is 1.26. The molecule has 2 aromatic heterocycles. The van der Waals surface area contributed by atoms with Gasteiger partial charge in [0, 0.05) is 20.1 Å². The summed E-state index contributed by atoms with van der Waals surface area (Å²) >= 11 is 0. The molecule has 2 aromatic rings. The Labute approximate surface area is 178 Å². The summed E-state index contributed by atoms with van der Waals surface area (Å²) in [6.07, 6.45) is 7.22. The molecule has 4 rings (SSSR count). The molecule has 1 unspecified atom stereocenters. The van der Waals surface area contributed by atoms with E-state index in [1.807, 2.05) is 56.6 Å². The van der Waals surface area contributed by atoms with E-state index in [2.05, 4.69) is 21.4 Å². The Morgan fingerprint density at radius 3 is 2.53 bits per heavy atom. The number of likely N-dealkylation sites (tertiary alicyclic amines) is 1. The molecule has 2 aliphatic rings. The number of carbonyl (C=O) groups excluding carboxylic acids is 1. The first kappa shape index (κ1) is 20.8. The second-order valence-corrected chi connectivity index (χ2v) is 9.98. The van der Waals surface area contributed by atoms with Gasteiger partial charge in [0.2, 0.25) is 0 Å². The number of rotatable bonds is 4. The summed E-state index contributed by atoms with van der Waals surface area (Å²) in [5.41, 5.74) is 4.04. The molecular weight excluding hydrogens is 378 g/mol. The van der Waals surface area contributed by atoms with Crippen LogP contribution in [0.1, 0.15) is 57.7 Å². The minimum atomic E-state index is -0.430. The average molecular weight is 412 g/mol. The van der Waals surface area contributed by atoms with Crippen molar-refractivity contribution in [1.29, 1.82) is 0 Å². The van der Waals surface area contributed by atoms with Gasteiger partial charge in [-0.15, -0.1) is 5.10 Å². The molecule has 7 heteroatoms. The lowest BCUT2D eigenvalue weighted by atomic mass is 9.89. The van der Waals surface area contributed by atoms with Crippen molar-refractivity contribution in [2.45, 2.75) is 65.4 Å². The van der Waals surface area contributed by atoms with Crippen LogP contribution in [0.2, 0.25) is 0 Å². The van der Waals surface area contributed by atoms with Gasteiger partial charge in [0.25, 0.3) is 0 Å². The zero-order chi connectivity index (χ0) is 21.5. The maximum absolute atomic E-state index is 12.3. The van der Waals surface area contributed by atoms with E-state index in [0.717, 1.165) is 67.3 Å². The molecule has 1 amide bonds. The molecule has 7 nitrogen and oxygen atoms in total. The van der Waals surface area contributed by atoms with Gasteiger partial charge < -0.3 is 9.64 Å². The van der Waals surface area contributed by atoms with Crippen molar-refractivity contribution in [3.05, 3.63) is 29.6 Å². The topological polar surface area (TPSA) is 73.1 Å². The minimum absolute atomic E-state index is 0.173. The van der Waals surface area contributed by atoms with Gasteiger partial charge in [0.05, 0.1) is 17.6 Å². The Morgan fingerprint density at radius 2 is 1.97 bits per heavy atom. The van der Waals surface area contributed by atoms with Crippen LogP contribution in [0.3, 0.4) is 0 Å². The van der Waals surface area contributed by atoms with Crippen LogP contribution in [0, 0.1) is 18.3 Å². The summed E-state index contributed by atoms with van der Waals surface area (Å²) in [6.45, 7) is 9.41. The van der Waals surface area contributed by atoms with Crippen LogP contribution in [0.15, 0.2) is 18.3 Å². The fourth-order valence-corrected chi connectivity index (χ4v) is 4.77. The van der Waals surface area contributed by atoms with Gasteiger partial charge in [-0.25, -0.2) is 4.79 Å². The first-order valence-electron chi connectivity index (χ1n) is 11.0. The SMILES string of the molecule is Cc1cnn(C)c1-c1ccc(CCC2CC23CCN(C(=O)OC(C)(C)C)CC3)nn1. The van der Waals surface area contributed by atoms with Gasteiger partial charge in [-0.1, -0.05) is 0 Å². The third-order valence-corrected chi connectivity index (χ3v) is 6.60. The van der Waals surface area contributed by atoms with Gasteiger partial charge in [-0.05, 0) is 88.8 Å². The molecule has 0 bridgehead atoms. The normalized spacial score (nSPS) is 20.4. The van der Waals surface area contributed by atoms with Crippen molar-refractivity contribution < 1.29 is 9.53 Å². The fraction of sp³-hybridized carbons (Fsp3) is 0.652. The van der Waals surface area contributed by atoms with E-state index in [9.17, 15) is 4.79 Å². The maximum Gasteiger partial charge on any atom is 0.410 e. The second-order valence-electron chi connectivity index (χ2n) is 9.98. The largest absolute Gasteiger partial charge is 0.444 e. The van der Waals surface area contributed by atoms with Crippen LogP contribution in [0.4, 0.5) is 4.79 Å². The molecule has 162 valence electrons. The van der Waals surface area contributed by atoms with E-state index >= 15 is 0 Å². The highest BCUT2D eigenvalue weighted by Crippen LogP contribution is 2.61. The standard InChI is InChI=1S/C23H33N5O2/c1-16-15-24-27(5)20(16)19-9-8-18(25-26-19)7-6-17-14-23(17)10-12-28(13-11-23)21(29)30-22(2,3)4/h8-9,15,17H,6-7,10-14H2,1-5H3. The van der Waals surface area contributed by atoms with Crippen molar-refractivity contribution in [3.63, 3.8) is 0 Å². The first-order chi connectivity index (χ1) is 14.2. The average Bonchev–Trinajstić information content (AvgIpc) is 3.24. The highest BCUT2D eigenvalue weighted by atomic mass is 16.6. The summed E-state index contributed by atoms with van der Waals surface area (Å²) < 4.78 is 7.36. The number of carbonyl (C=O) groups is 1. The van der Waals surface area contributed by atoms with Crippen LogP contribution in [-0.4, -0.2) is 49.7 Å². The smallest absolute Gasteiger partial charge is 0.410 e. The number of amides is 1. The summed E-state index contributed by atoms with van der Waals surface area (Å²) in [4.78, 5) is 14.1. The number of nitrogens with zero attached hydrogens (tertiary/aromatic N) is 5. The molecule has 3 heterocycles. The van der Waals surface area contributed by atoms with E-state index in [1.165, 1.54) is 6.42 Å². The number of aromatic nitrogens is 4. The quantitative estimate of drug-likeness (QED) is 0.755. The number of piperidine rings is 1. The Morgan fingerprint density at radius 1 is 1.23 bits per heavy atom. The molecular formula is C23H33N5O2. The molecule has 1 aliphatic carbocycles. The van der Waals surface area contributed by atoms with Crippen molar-refractivity contribution in [2.24, 2.45) is 18.4 Å². The molecule has 1 saturated heterocycles. The maximum atomic E-state index is 12.3. The molecule has 30 heavy (non-hydrogen) atoms. The summed E-state index contributed by atoms with van der Waals surface area (Å²) in [5, 5.41) is 13.2. The van der Waals surface area contributed by atoms with E-state index in [-0.39, 0.29) is 6.09 Å². The fourth-order valence-electron chi connectivity index (χ4n) is 4.77. The highest BCUT2D eigenvalue weighted by Gasteiger charge is 2.54. The molecule has 0 radical (unpaired) electrons. The van der Waals surface area contributed by atoms with E-state index < -0.39 is 5.60 Å². The Hall–Kier alpha value is -2.44. The molecule has 0 aromatic carbocycles. The lowest BCUT2D eigenvalue weighted by Crippen LogP contribution is -2.42. The lowest BCUT2D eigenvalue weighted by molar-refractivity contribution is 0.0165. The van der Waals surface area contributed by atoms with Crippen LogP contribution >= 0.6 is 0 Å². The van der Waals surface area contributed by atoms with Crippen molar-refractivity contribution in [2.75, 3.05) is 13.1 Å². The van der Waals surface area contributed by atoms with Crippen LogP contribution in [0.25, 0.3) is 11.4 Å². The van der Waals surface area contributed by atoms with Crippen molar-refractivity contribution in [1.82, 2.24) is 24.9 Å². The van der Waals surface area contributed by atoms with Crippen LogP contribution < -0.4 is 0 Å². The number of hydrogen-bond donors (Lipinski definition) is 0. The zero-order valence-electron chi connectivity index (χ0n) is 18.8. The summed E-state index contributed by atoms with van der Waals surface area (Å²) in [6, 6.07) is 4.14. The van der Waals surface area contributed by atoms with Crippen molar-refractivity contribution >= 4 is 6.09 Å². The monoisotopic (exact) mass is 411 g/mol. The van der Waals surface area contributed by atoms with E-state index in [1.54, 1.807) is 0 Å². The van der Waals surface area contributed by atoms with Gasteiger partial charge in [-0.3, -0.25) is 4.68 Å². The zero-order valence-corrected chi connectivity index (χ0v) is 18.8. The van der Waals surface area contributed by atoms with E-state index in [0.29, 0.717) is 5.41 Å². The van der Waals surface area contributed by atoms with E-state index in [4.69, 9.17) is 4.74 Å². The van der Waals surface area contributed by atoms with Crippen molar-refractivity contribution in [3.8, 4) is 11.4 Å². The number of hydrogen-bond acceptors (Lipinski definition) is 5. The lowest BCUT2D eigenvalue weighted by Gasteiger charge is -2.34. The van der Waals surface area contributed by atoms with Gasteiger partial charge >= 0.3 is 6.09 Å². The Kier molecular flexibility index (Phi) is 5.32. The van der Waals surface area contributed by atoms with Gasteiger partial charge in [-0.2, -0.15) is 10.2 Å². The molecule has 1 spiro atoms. The molecule has 1 aliphatic heterocycles. The molecule has 1 saturated carbocycles. The predicted molar refractivity (Wildman–Crippen MR) is 115 cm³/mol. The number of ether oxygens (including phenoxy) is 1. The van der Waals surface area contributed by atoms with Crippen LogP contribution in [0.5, 0.6) is 0 Å². The highest BCUT2D eigenvalue weighted by molar-refractivity contribution is 5.68. The molecule has 1 atom stereocenters. The van der Waals surface area contributed by atoms with Gasteiger partial charge in [0.1, 0.15) is 11.3 Å². The minimum Gasteiger partial charge on any atom is -0.444 e. The summed E-state index contributed by atoms with van der Waals surface area (Å²) in [5.74, 6) is 0.735. The summed E-state index contributed by atoms with van der Waals surface area (Å²) in [7, 11) is 1.93. The molecule has 0 N–H and O–H groups in total. The third kappa shape index (κ3) is 4.35. The predicted octanol–water partition coefficient (Wildman–Crippen LogP) is 4.16. The first-order valence-corrected chi connectivity index (χ1v) is 11.0. The molecule has 2 fully saturated rings. The second kappa shape index (κ2) is 7.67.